The van der Waals surface area contributed by atoms with Crippen LogP contribution in [0.2, 0.25) is 0 Å². The summed E-state index contributed by atoms with van der Waals surface area (Å²) in [5.74, 6) is 0. The Morgan fingerprint density at radius 3 is 2.42 bits per heavy atom. The van der Waals surface area contributed by atoms with Crippen LogP contribution in [-0.4, -0.2) is 29.5 Å². The number of nitrogens with one attached hydrogen (secondary N) is 1. The Morgan fingerprint density at radius 2 is 2.00 bits per heavy atom. The zero-order chi connectivity index (χ0) is 9.61. The predicted octanol–water partition coefficient (Wildman–Crippen LogP) is 1.05. The Kier molecular flexibility index (Phi) is 4.66. The second kappa shape index (κ2) is 4.98. The Hall–Kier alpha value is -0.770. The Labute approximate surface area is 72.6 Å². The summed E-state index contributed by atoms with van der Waals surface area (Å²) < 4.78 is 0. The lowest BCUT2D eigenvalue weighted by Crippen LogP contribution is -2.26. The highest BCUT2D eigenvalue weighted by molar-refractivity contribution is 5.64. The van der Waals surface area contributed by atoms with Crippen LogP contribution in [0, 0.1) is 5.41 Å². The molecule has 12 heavy (non-hydrogen) atoms. The molecule has 0 heterocycles. The molecular formula is C8H17NO3. The van der Waals surface area contributed by atoms with E-state index in [1.54, 1.807) is 0 Å². The fourth-order valence-electron chi connectivity index (χ4n) is 0.935. The van der Waals surface area contributed by atoms with Gasteiger partial charge in [-0.2, -0.15) is 0 Å². The van der Waals surface area contributed by atoms with Gasteiger partial charge in [0.15, 0.2) is 0 Å². The van der Waals surface area contributed by atoms with Gasteiger partial charge in [0.25, 0.3) is 0 Å². The minimum atomic E-state index is -0.991. The van der Waals surface area contributed by atoms with Crippen LogP contribution in [-0.2, 0) is 0 Å². The van der Waals surface area contributed by atoms with E-state index in [4.69, 9.17) is 10.2 Å². The molecule has 1 amide bonds. The van der Waals surface area contributed by atoms with Crippen LogP contribution in [0.3, 0.4) is 0 Å². The first-order valence-electron chi connectivity index (χ1n) is 4.05. The average molecular weight is 175 g/mol. The van der Waals surface area contributed by atoms with E-state index in [0.29, 0.717) is 13.0 Å². The third kappa shape index (κ3) is 5.97. The van der Waals surface area contributed by atoms with Gasteiger partial charge in [0.1, 0.15) is 0 Å². The quantitative estimate of drug-likeness (QED) is 0.585. The highest BCUT2D eigenvalue weighted by Crippen LogP contribution is 2.23. The number of carbonyl (C=O) groups is 1. The largest absolute Gasteiger partial charge is 0.465 e. The first kappa shape index (κ1) is 11.2. The maximum atomic E-state index is 10.1. The molecule has 0 fully saturated rings. The van der Waals surface area contributed by atoms with Crippen LogP contribution in [0.15, 0.2) is 0 Å². The number of aliphatic hydroxyl groups is 1. The molecule has 0 rings (SSSR count). The van der Waals surface area contributed by atoms with Crippen molar-refractivity contribution in [3.05, 3.63) is 0 Å². The maximum absolute atomic E-state index is 10.1. The van der Waals surface area contributed by atoms with Crippen LogP contribution in [0.5, 0.6) is 0 Å². The molecule has 0 radical (unpaired) electrons. The van der Waals surface area contributed by atoms with E-state index < -0.39 is 6.09 Å². The molecule has 0 aliphatic carbocycles. The van der Waals surface area contributed by atoms with Crippen molar-refractivity contribution in [2.45, 2.75) is 26.7 Å². The molecule has 72 valence electrons. The van der Waals surface area contributed by atoms with E-state index in [2.05, 4.69) is 5.32 Å². The Morgan fingerprint density at radius 1 is 1.42 bits per heavy atom. The predicted molar refractivity (Wildman–Crippen MR) is 46.1 cm³/mol. The van der Waals surface area contributed by atoms with Gasteiger partial charge in [0, 0.05) is 13.2 Å². The molecule has 4 nitrogen and oxygen atoms in total. The van der Waals surface area contributed by atoms with Crippen molar-refractivity contribution in [2.24, 2.45) is 5.41 Å². The fourth-order valence-corrected chi connectivity index (χ4v) is 0.935. The minimum Gasteiger partial charge on any atom is -0.465 e. The van der Waals surface area contributed by atoms with Gasteiger partial charge >= 0.3 is 6.09 Å². The van der Waals surface area contributed by atoms with E-state index >= 15 is 0 Å². The van der Waals surface area contributed by atoms with Crippen molar-refractivity contribution >= 4 is 6.09 Å². The van der Waals surface area contributed by atoms with Crippen LogP contribution >= 0.6 is 0 Å². The highest BCUT2D eigenvalue weighted by Gasteiger charge is 2.16. The van der Waals surface area contributed by atoms with Crippen LogP contribution in [0.25, 0.3) is 0 Å². The van der Waals surface area contributed by atoms with Crippen molar-refractivity contribution < 1.29 is 15.0 Å². The molecule has 0 saturated carbocycles. The summed E-state index contributed by atoms with van der Waals surface area (Å²) in [7, 11) is 0. The lowest BCUT2D eigenvalue weighted by Gasteiger charge is -2.22. The molecule has 0 aromatic rings. The molecule has 0 aromatic carbocycles. The molecule has 3 N–H and O–H groups in total. The fraction of sp³-hybridized carbons (Fsp3) is 0.875. The molecule has 0 atom stereocenters. The van der Waals surface area contributed by atoms with Crippen molar-refractivity contribution in [2.75, 3.05) is 13.2 Å². The molecule has 0 aliphatic rings. The lowest BCUT2D eigenvalue weighted by atomic mass is 9.86. The molecule has 0 unspecified atom stereocenters. The van der Waals surface area contributed by atoms with Crippen LogP contribution in [0.4, 0.5) is 4.79 Å². The van der Waals surface area contributed by atoms with Gasteiger partial charge in [-0.1, -0.05) is 13.8 Å². The molecule has 4 heteroatoms. The van der Waals surface area contributed by atoms with E-state index in [0.717, 1.165) is 6.42 Å². The lowest BCUT2D eigenvalue weighted by molar-refractivity contribution is 0.184. The molecule has 0 aliphatic heterocycles. The second-order valence-electron chi connectivity index (χ2n) is 3.62. The van der Waals surface area contributed by atoms with Gasteiger partial charge in [-0.15, -0.1) is 0 Å². The summed E-state index contributed by atoms with van der Waals surface area (Å²) in [6.07, 6.45) is 0.462. The van der Waals surface area contributed by atoms with Crippen molar-refractivity contribution in [1.82, 2.24) is 5.32 Å². The van der Waals surface area contributed by atoms with Gasteiger partial charge in [-0.05, 0) is 18.3 Å². The molecular weight excluding hydrogens is 158 g/mol. The standard InChI is InChI=1S/C8H17NO3/c1-8(2,4-6-10)3-5-9-7(11)12/h9-10H,3-6H2,1-2H3,(H,11,12). The van der Waals surface area contributed by atoms with Crippen molar-refractivity contribution in [3.63, 3.8) is 0 Å². The zero-order valence-corrected chi connectivity index (χ0v) is 7.63. The highest BCUT2D eigenvalue weighted by atomic mass is 16.4. The summed E-state index contributed by atoms with van der Waals surface area (Å²) in [5, 5.41) is 19.2. The topological polar surface area (TPSA) is 69.6 Å². The summed E-state index contributed by atoms with van der Waals surface area (Å²) in [5.41, 5.74) is 0.0111. The summed E-state index contributed by atoms with van der Waals surface area (Å²) in [6.45, 7) is 4.61. The van der Waals surface area contributed by atoms with Gasteiger partial charge in [0.2, 0.25) is 0 Å². The third-order valence-corrected chi connectivity index (χ3v) is 1.87. The first-order valence-corrected chi connectivity index (χ1v) is 4.05. The summed E-state index contributed by atoms with van der Waals surface area (Å²) in [4.78, 5) is 10.1. The van der Waals surface area contributed by atoms with E-state index in [9.17, 15) is 4.79 Å². The summed E-state index contributed by atoms with van der Waals surface area (Å²) >= 11 is 0. The molecule has 0 saturated heterocycles. The van der Waals surface area contributed by atoms with Crippen LogP contribution < -0.4 is 5.32 Å². The van der Waals surface area contributed by atoms with E-state index in [1.807, 2.05) is 13.8 Å². The monoisotopic (exact) mass is 175 g/mol. The van der Waals surface area contributed by atoms with E-state index in [1.165, 1.54) is 0 Å². The Bertz CT molecular complexity index is 145. The number of amides is 1. The summed E-state index contributed by atoms with van der Waals surface area (Å²) in [6, 6.07) is 0. The molecule has 0 bridgehead atoms. The van der Waals surface area contributed by atoms with Gasteiger partial charge in [-0.25, -0.2) is 4.79 Å². The van der Waals surface area contributed by atoms with Gasteiger partial charge < -0.3 is 15.5 Å². The van der Waals surface area contributed by atoms with Gasteiger partial charge in [0.05, 0.1) is 0 Å². The number of rotatable bonds is 5. The van der Waals surface area contributed by atoms with Crippen molar-refractivity contribution in [3.8, 4) is 0 Å². The number of hydrogen-bond donors (Lipinski definition) is 3. The smallest absolute Gasteiger partial charge is 0.404 e. The SMILES string of the molecule is CC(C)(CCO)CCNC(=O)O. The first-order chi connectivity index (χ1) is 5.48. The minimum absolute atomic E-state index is 0.0111. The normalized spacial score (nSPS) is 11.2. The molecule has 0 aromatic heterocycles. The number of carboxylic acid groups (broad SMARTS) is 1. The second-order valence-corrected chi connectivity index (χ2v) is 3.62. The molecule has 0 spiro atoms. The van der Waals surface area contributed by atoms with E-state index in [-0.39, 0.29) is 12.0 Å². The average Bonchev–Trinajstić information content (AvgIpc) is 1.85. The van der Waals surface area contributed by atoms with Crippen LogP contribution in [0.1, 0.15) is 26.7 Å². The zero-order valence-electron chi connectivity index (χ0n) is 7.63. The Balaban J connectivity index is 3.53. The number of aliphatic hydroxyl groups excluding tert-OH is 1. The third-order valence-electron chi connectivity index (χ3n) is 1.87. The van der Waals surface area contributed by atoms with Crippen molar-refractivity contribution in [1.29, 1.82) is 0 Å². The van der Waals surface area contributed by atoms with Gasteiger partial charge in [-0.3, -0.25) is 0 Å². The maximum Gasteiger partial charge on any atom is 0.404 e. The number of hydrogen-bond acceptors (Lipinski definition) is 2.